The number of halogens is 1. The van der Waals surface area contributed by atoms with Crippen LogP contribution in [-0.2, 0) is 26.6 Å². The molecule has 0 aliphatic rings. The lowest BCUT2D eigenvalue weighted by Gasteiger charge is -2.10. The molecule has 172 valence electrons. The zero-order valence-corrected chi connectivity index (χ0v) is 18.6. The van der Waals surface area contributed by atoms with Gasteiger partial charge in [-0.2, -0.15) is 0 Å². The zero-order chi connectivity index (χ0) is 23.2. The van der Waals surface area contributed by atoms with Crippen LogP contribution in [0.3, 0.4) is 0 Å². The molecule has 2 heterocycles. The van der Waals surface area contributed by atoms with Crippen molar-refractivity contribution in [2.75, 3.05) is 5.32 Å². The van der Waals surface area contributed by atoms with Gasteiger partial charge in [-0.05, 0) is 41.8 Å². The van der Waals surface area contributed by atoms with Crippen LogP contribution in [0.1, 0.15) is 37.1 Å². The number of aromatic amines is 1. The van der Waals surface area contributed by atoms with Crippen molar-refractivity contribution >= 4 is 11.6 Å². The monoisotopic (exact) mass is 449 g/mol. The van der Waals surface area contributed by atoms with Crippen LogP contribution >= 0.6 is 0 Å². The van der Waals surface area contributed by atoms with Gasteiger partial charge in [0.2, 0.25) is 0 Å². The third-order valence-electron chi connectivity index (χ3n) is 5.55. The Hall–Kier alpha value is -4.07. The van der Waals surface area contributed by atoms with E-state index < -0.39 is 5.82 Å². The number of nitrogens with zero attached hydrogens (tertiary/aromatic N) is 3. The highest BCUT2D eigenvalue weighted by Gasteiger charge is 2.21. The molecule has 8 heteroatoms. The molecular formula is C25H30FN6O+. The molecule has 0 saturated heterocycles. The first-order valence-corrected chi connectivity index (χ1v) is 10.8. The van der Waals surface area contributed by atoms with Gasteiger partial charge in [-0.15, -0.1) is 5.10 Å². The fourth-order valence-electron chi connectivity index (χ4n) is 3.66. The van der Waals surface area contributed by atoms with Crippen LogP contribution in [0.2, 0.25) is 0 Å². The number of hydrogen-bond acceptors (Lipinski definition) is 4. The molecule has 1 amide bonds. The van der Waals surface area contributed by atoms with Crippen LogP contribution < -0.4 is 15.2 Å². The Morgan fingerprint density at radius 2 is 1.94 bits per heavy atom. The molecule has 0 radical (unpaired) electrons. The first-order chi connectivity index (χ1) is 16.1. The minimum absolute atomic E-state index is 0. The lowest BCUT2D eigenvalue weighted by Crippen LogP contribution is -2.35. The summed E-state index contributed by atoms with van der Waals surface area (Å²) in [6.07, 6.45) is 3.62. The maximum Gasteiger partial charge on any atom is 0.311 e. The molecular weight excluding hydrogens is 419 g/mol. The van der Waals surface area contributed by atoms with Crippen LogP contribution in [0.5, 0.6) is 0 Å². The number of aryl methyl sites for hydroxylation is 1. The number of carbonyl (C=O) groups is 1. The highest BCUT2D eigenvalue weighted by Crippen LogP contribution is 2.17. The van der Waals surface area contributed by atoms with Crippen LogP contribution in [0, 0.1) is 5.82 Å². The minimum atomic E-state index is -0.431. The summed E-state index contributed by atoms with van der Waals surface area (Å²) in [7, 11) is 1.81. The zero-order valence-electron chi connectivity index (χ0n) is 18.6. The predicted octanol–water partition coefficient (Wildman–Crippen LogP) is 4.03. The second-order valence-corrected chi connectivity index (χ2v) is 7.65. The number of pyridine rings is 1. The van der Waals surface area contributed by atoms with Crippen molar-refractivity contribution in [2.24, 2.45) is 7.05 Å². The molecule has 0 aliphatic heterocycles. The maximum absolute atomic E-state index is 14.1. The van der Waals surface area contributed by atoms with Crippen molar-refractivity contribution in [3.63, 3.8) is 0 Å². The van der Waals surface area contributed by atoms with Gasteiger partial charge in [-0.1, -0.05) is 37.3 Å². The fraction of sp³-hybridized carbons (Fsp3) is 0.200. The summed E-state index contributed by atoms with van der Waals surface area (Å²) < 4.78 is 15.9. The summed E-state index contributed by atoms with van der Waals surface area (Å²) in [5.74, 6) is 0.672. The van der Waals surface area contributed by atoms with E-state index in [1.54, 1.807) is 22.8 Å². The van der Waals surface area contributed by atoms with Crippen molar-refractivity contribution < 1.29 is 16.6 Å². The van der Waals surface area contributed by atoms with Crippen molar-refractivity contribution in [3.05, 3.63) is 95.3 Å². The third-order valence-corrected chi connectivity index (χ3v) is 5.55. The van der Waals surface area contributed by atoms with Crippen molar-refractivity contribution in [1.29, 1.82) is 0 Å². The van der Waals surface area contributed by atoms with Crippen molar-refractivity contribution in [3.8, 4) is 11.4 Å². The van der Waals surface area contributed by atoms with Gasteiger partial charge in [0.05, 0.1) is 18.8 Å². The maximum atomic E-state index is 14.1. The summed E-state index contributed by atoms with van der Waals surface area (Å²) in [6, 6.07) is 17.0. The molecule has 2 aromatic carbocycles. The van der Waals surface area contributed by atoms with E-state index >= 15 is 0 Å². The molecule has 7 nitrogen and oxygen atoms in total. The summed E-state index contributed by atoms with van der Waals surface area (Å²) in [4.78, 5) is 16.5. The Labute approximate surface area is 194 Å². The second-order valence-electron chi connectivity index (χ2n) is 7.65. The summed E-state index contributed by atoms with van der Waals surface area (Å²) in [6.45, 7) is 3.01. The number of nitrogens with one attached hydrogen (secondary N) is 3. The molecule has 3 N–H and O–H groups in total. The minimum Gasteiger partial charge on any atom is -0.375 e. The summed E-state index contributed by atoms with van der Waals surface area (Å²) >= 11 is 0. The number of H-pyrrole nitrogens is 1. The molecule has 4 rings (SSSR count). The van der Waals surface area contributed by atoms with Crippen LogP contribution in [0.15, 0.2) is 67.0 Å². The fourth-order valence-corrected chi connectivity index (χ4v) is 3.66. The van der Waals surface area contributed by atoms with Gasteiger partial charge in [0, 0.05) is 31.9 Å². The SMILES string of the molecule is CCc1ccccc1CNC(=O)c1cccc(NCc2[nH]nc(-c3ccncc3F)[n+]2C)c1.[HH].[HH]. The number of rotatable bonds is 8. The van der Waals surface area contributed by atoms with E-state index in [1.165, 1.54) is 18.0 Å². The predicted molar refractivity (Wildman–Crippen MR) is 128 cm³/mol. The first-order valence-electron chi connectivity index (χ1n) is 10.8. The van der Waals surface area contributed by atoms with Gasteiger partial charge in [0.15, 0.2) is 5.82 Å². The smallest absolute Gasteiger partial charge is 0.311 e. The largest absolute Gasteiger partial charge is 0.375 e. The summed E-state index contributed by atoms with van der Waals surface area (Å²) in [5, 5.41) is 13.5. The summed E-state index contributed by atoms with van der Waals surface area (Å²) in [5.41, 5.74) is 4.09. The molecule has 0 aliphatic carbocycles. The van der Waals surface area contributed by atoms with Gasteiger partial charge in [0.1, 0.15) is 6.54 Å². The number of anilines is 1. The van der Waals surface area contributed by atoms with E-state index in [0.717, 1.165) is 23.5 Å². The highest BCUT2D eigenvalue weighted by atomic mass is 19.1. The molecule has 0 atom stereocenters. The van der Waals surface area contributed by atoms with E-state index in [-0.39, 0.29) is 8.76 Å². The Kier molecular flexibility index (Phi) is 6.73. The van der Waals surface area contributed by atoms with Crippen molar-refractivity contribution in [2.45, 2.75) is 26.4 Å². The lowest BCUT2D eigenvalue weighted by atomic mass is 10.1. The topological polar surface area (TPSA) is 86.6 Å². The van der Waals surface area contributed by atoms with E-state index in [1.807, 2.05) is 37.4 Å². The van der Waals surface area contributed by atoms with Gasteiger partial charge >= 0.3 is 5.82 Å². The Morgan fingerprint density at radius 1 is 1.12 bits per heavy atom. The van der Waals surface area contributed by atoms with Crippen molar-refractivity contribution in [1.82, 2.24) is 20.5 Å². The Balaban J connectivity index is 0.00000216. The standard InChI is InChI=1S/C25H25FN6O.2H2/c1-3-17-7-4-5-8-19(17)14-29-25(33)18-9-6-10-20(13-18)28-16-23-30-31-24(32(23)2)21-11-12-27-15-22(21)26;;/h4-13,15,28H,3,14,16H2,1-2H3,(H,29,33);2*1H/p+1. The average Bonchev–Trinajstić information content (AvgIpc) is 3.21. The molecule has 2 aromatic heterocycles. The van der Waals surface area contributed by atoms with E-state index in [0.29, 0.717) is 30.0 Å². The molecule has 0 saturated carbocycles. The van der Waals surface area contributed by atoms with Crippen LogP contribution in [0.4, 0.5) is 10.1 Å². The van der Waals surface area contributed by atoms with Crippen LogP contribution in [-0.4, -0.2) is 21.1 Å². The molecule has 0 spiro atoms. The van der Waals surface area contributed by atoms with E-state index in [9.17, 15) is 9.18 Å². The highest BCUT2D eigenvalue weighted by molar-refractivity contribution is 5.95. The third kappa shape index (κ3) is 5.06. The molecule has 0 unspecified atom stereocenters. The number of amides is 1. The molecule has 0 bridgehead atoms. The first kappa shape index (κ1) is 22.1. The lowest BCUT2D eigenvalue weighted by molar-refractivity contribution is -0.668. The Bertz CT molecular complexity index is 1280. The molecule has 33 heavy (non-hydrogen) atoms. The molecule has 0 fully saturated rings. The number of benzene rings is 2. The Morgan fingerprint density at radius 3 is 2.73 bits per heavy atom. The number of hydrogen-bond donors (Lipinski definition) is 3. The normalized spacial score (nSPS) is 10.8. The number of carbonyl (C=O) groups excluding carboxylic acids is 1. The van der Waals surface area contributed by atoms with E-state index in [4.69, 9.17) is 0 Å². The van der Waals surface area contributed by atoms with Gasteiger partial charge in [-0.3, -0.25) is 9.78 Å². The second kappa shape index (κ2) is 10.0. The van der Waals surface area contributed by atoms with Gasteiger partial charge < -0.3 is 10.6 Å². The number of aromatic nitrogens is 4. The quantitative estimate of drug-likeness (QED) is 0.355. The van der Waals surface area contributed by atoms with Gasteiger partial charge in [-0.25, -0.2) is 8.96 Å². The van der Waals surface area contributed by atoms with Crippen LogP contribution in [0.25, 0.3) is 11.4 Å². The average molecular weight is 450 g/mol. The molecule has 4 aromatic rings. The van der Waals surface area contributed by atoms with E-state index in [2.05, 4.69) is 38.8 Å². The van der Waals surface area contributed by atoms with Gasteiger partial charge in [0.25, 0.3) is 11.7 Å².